The molecule has 1 N–H and O–H groups in total. The van der Waals surface area contributed by atoms with Crippen LogP contribution in [0.3, 0.4) is 0 Å². The second-order valence-electron chi connectivity index (χ2n) is 10.6. The van der Waals surface area contributed by atoms with E-state index >= 15 is 0 Å². The molecule has 188 valence electrons. The van der Waals surface area contributed by atoms with Gasteiger partial charge in [0.15, 0.2) is 6.61 Å². The maximum atomic E-state index is 13.4. The summed E-state index contributed by atoms with van der Waals surface area (Å²) in [5.74, 6) is 1.29. The first-order valence-corrected chi connectivity index (χ1v) is 13.9. The molecule has 1 aromatic rings. The normalized spacial score (nSPS) is 30.4. The molecule has 1 aliphatic carbocycles. The topological polar surface area (TPSA) is 96.0 Å². The van der Waals surface area contributed by atoms with Gasteiger partial charge in [0.1, 0.15) is 12.3 Å². The van der Waals surface area contributed by atoms with E-state index in [4.69, 9.17) is 4.74 Å². The zero-order valence-electron chi connectivity index (χ0n) is 20.6. The van der Waals surface area contributed by atoms with Crippen LogP contribution in [-0.2, 0) is 19.6 Å². The van der Waals surface area contributed by atoms with Gasteiger partial charge in [0.2, 0.25) is 15.9 Å². The lowest BCUT2D eigenvalue weighted by Gasteiger charge is -2.36. The molecular formula is C25H37N3O5S. The minimum absolute atomic E-state index is 0.0849. The minimum atomic E-state index is -3.73. The Morgan fingerprint density at radius 2 is 1.82 bits per heavy atom. The van der Waals surface area contributed by atoms with Crippen LogP contribution in [0.4, 0.5) is 5.69 Å². The fourth-order valence-electron chi connectivity index (χ4n) is 5.65. The zero-order chi connectivity index (χ0) is 24.6. The highest BCUT2D eigenvalue weighted by molar-refractivity contribution is 7.89. The third-order valence-electron chi connectivity index (χ3n) is 7.70. The number of amides is 2. The molecule has 0 spiro atoms. The average molecular weight is 492 g/mol. The molecule has 2 aliphatic heterocycles. The van der Waals surface area contributed by atoms with Crippen molar-refractivity contribution in [1.82, 2.24) is 9.62 Å². The lowest BCUT2D eigenvalue weighted by Crippen LogP contribution is -2.50. The van der Waals surface area contributed by atoms with Crippen molar-refractivity contribution in [3.63, 3.8) is 0 Å². The second kappa shape index (κ2) is 9.85. The third-order valence-corrected chi connectivity index (χ3v) is 9.53. The summed E-state index contributed by atoms with van der Waals surface area (Å²) in [5, 5.41) is 3.10. The number of anilines is 1. The maximum Gasteiger partial charge on any atom is 0.265 e. The van der Waals surface area contributed by atoms with Crippen LogP contribution >= 0.6 is 0 Å². The summed E-state index contributed by atoms with van der Waals surface area (Å²) in [5.41, 5.74) is 0.329. The van der Waals surface area contributed by atoms with Gasteiger partial charge in [0, 0.05) is 19.1 Å². The number of rotatable bonds is 5. The molecule has 5 atom stereocenters. The summed E-state index contributed by atoms with van der Waals surface area (Å²) in [7, 11) is -3.73. The first-order chi connectivity index (χ1) is 16.1. The van der Waals surface area contributed by atoms with Crippen molar-refractivity contribution in [3.05, 3.63) is 18.2 Å². The molecule has 1 aromatic carbocycles. The van der Waals surface area contributed by atoms with E-state index in [0.29, 0.717) is 36.4 Å². The van der Waals surface area contributed by atoms with Crippen LogP contribution in [0.15, 0.2) is 23.1 Å². The van der Waals surface area contributed by atoms with E-state index in [1.165, 1.54) is 21.3 Å². The summed E-state index contributed by atoms with van der Waals surface area (Å²) in [6.45, 7) is 9.10. The minimum Gasteiger partial charge on any atom is -0.482 e. The standard InChI is InChI=1S/C25H37N3O5S/c1-16-10-17(2)13-27(12-16)34(31,32)20-8-9-23-22(11-20)28(25(30)15-33-23)14-24(29)26-21-7-5-6-18(3)19(21)4/h8-9,11,16-19,21H,5-7,10,12-15H2,1-4H3,(H,26,29)/t16-,17+,18-,19-,21-/m1/s1. The van der Waals surface area contributed by atoms with Crippen LogP contribution in [0.1, 0.15) is 53.4 Å². The van der Waals surface area contributed by atoms with Crippen molar-refractivity contribution in [2.75, 3.05) is 31.1 Å². The number of ether oxygens (including phenoxy) is 1. The van der Waals surface area contributed by atoms with E-state index in [2.05, 4.69) is 33.0 Å². The molecule has 0 radical (unpaired) electrons. The Labute approximate surface area is 203 Å². The molecule has 34 heavy (non-hydrogen) atoms. The van der Waals surface area contributed by atoms with E-state index in [1.54, 1.807) is 6.07 Å². The van der Waals surface area contributed by atoms with Crippen molar-refractivity contribution < 1.29 is 22.7 Å². The van der Waals surface area contributed by atoms with Gasteiger partial charge in [-0.3, -0.25) is 14.5 Å². The van der Waals surface area contributed by atoms with Crippen LogP contribution in [-0.4, -0.2) is 56.8 Å². The predicted octanol–water partition coefficient (Wildman–Crippen LogP) is 3.02. The Balaban J connectivity index is 1.55. The van der Waals surface area contributed by atoms with Crippen LogP contribution in [0.2, 0.25) is 0 Å². The van der Waals surface area contributed by atoms with Gasteiger partial charge in [0.25, 0.3) is 5.91 Å². The summed E-state index contributed by atoms with van der Waals surface area (Å²) in [6.07, 6.45) is 4.17. The van der Waals surface area contributed by atoms with Crippen LogP contribution in [0, 0.1) is 23.7 Å². The molecule has 3 aliphatic rings. The lowest BCUT2D eigenvalue weighted by molar-refractivity contribution is -0.126. The Bertz CT molecular complexity index is 1030. The van der Waals surface area contributed by atoms with E-state index < -0.39 is 10.0 Å². The quantitative estimate of drug-likeness (QED) is 0.683. The Morgan fingerprint density at radius 3 is 2.53 bits per heavy atom. The predicted molar refractivity (Wildman–Crippen MR) is 130 cm³/mol. The van der Waals surface area contributed by atoms with Crippen molar-refractivity contribution in [2.24, 2.45) is 23.7 Å². The van der Waals surface area contributed by atoms with E-state index in [1.807, 2.05) is 0 Å². The molecule has 4 rings (SSSR count). The number of benzene rings is 1. The van der Waals surface area contributed by atoms with Gasteiger partial charge in [0.05, 0.1) is 10.6 Å². The number of sulfonamides is 1. The van der Waals surface area contributed by atoms with Crippen molar-refractivity contribution in [1.29, 1.82) is 0 Å². The number of hydrogen-bond donors (Lipinski definition) is 1. The Kier molecular flexibility index (Phi) is 7.24. The van der Waals surface area contributed by atoms with Crippen LogP contribution in [0.5, 0.6) is 5.75 Å². The van der Waals surface area contributed by atoms with Crippen molar-refractivity contribution >= 4 is 27.5 Å². The molecule has 1 saturated heterocycles. The number of carbonyl (C=O) groups excluding carboxylic acids is 2. The van der Waals surface area contributed by atoms with E-state index in [-0.39, 0.29) is 47.7 Å². The molecule has 0 unspecified atom stereocenters. The number of nitrogens with zero attached hydrogens (tertiary/aromatic N) is 2. The number of hydrogen-bond acceptors (Lipinski definition) is 5. The van der Waals surface area contributed by atoms with Gasteiger partial charge in [-0.25, -0.2) is 8.42 Å². The van der Waals surface area contributed by atoms with Crippen molar-refractivity contribution in [3.8, 4) is 5.75 Å². The molecular weight excluding hydrogens is 454 g/mol. The number of carbonyl (C=O) groups is 2. The summed E-state index contributed by atoms with van der Waals surface area (Å²) >= 11 is 0. The SMILES string of the molecule is C[C@@H]1C[C@H](C)CN(S(=O)(=O)c2ccc3c(c2)N(CC(=O)N[C@@H]2CCC[C@@H](C)[C@H]2C)C(=O)CO3)C1. The first-order valence-electron chi connectivity index (χ1n) is 12.4. The highest BCUT2D eigenvalue weighted by atomic mass is 32.2. The zero-order valence-corrected chi connectivity index (χ0v) is 21.4. The molecule has 8 nitrogen and oxygen atoms in total. The Morgan fingerprint density at radius 1 is 1.12 bits per heavy atom. The van der Waals surface area contributed by atoms with Crippen LogP contribution < -0.4 is 15.0 Å². The Hall–Kier alpha value is -2.13. The summed E-state index contributed by atoms with van der Waals surface area (Å²) < 4.78 is 33.9. The van der Waals surface area contributed by atoms with Gasteiger partial charge >= 0.3 is 0 Å². The van der Waals surface area contributed by atoms with E-state index in [0.717, 1.165) is 25.7 Å². The second-order valence-corrected chi connectivity index (χ2v) is 12.5. The van der Waals surface area contributed by atoms with Gasteiger partial charge in [-0.15, -0.1) is 0 Å². The van der Waals surface area contributed by atoms with Crippen molar-refractivity contribution in [2.45, 2.75) is 64.3 Å². The maximum absolute atomic E-state index is 13.4. The van der Waals surface area contributed by atoms with Gasteiger partial charge in [-0.1, -0.05) is 40.5 Å². The molecule has 0 aromatic heterocycles. The van der Waals surface area contributed by atoms with Gasteiger partial charge in [-0.2, -0.15) is 4.31 Å². The molecule has 2 fully saturated rings. The van der Waals surface area contributed by atoms with E-state index in [9.17, 15) is 18.0 Å². The number of fused-ring (bicyclic) bond motifs is 1. The smallest absolute Gasteiger partial charge is 0.265 e. The monoisotopic (exact) mass is 491 g/mol. The lowest BCUT2D eigenvalue weighted by atomic mass is 9.78. The van der Waals surface area contributed by atoms with Crippen LogP contribution in [0.25, 0.3) is 0 Å². The molecule has 1 saturated carbocycles. The molecule has 0 bridgehead atoms. The number of nitrogens with one attached hydrogen (secondary N) is 1. The molecule has 9 heteroatoms. The highest BCUT2D eigenvalue weighted by Gasteiger charge is 2.35. The highest BCUT2D eigenvalue weighted by Crippen LogP contribution is 2.36. The fraction of sp³-hybridized carbons (Fsp3) is 0.680. The summed E-state index contributed by atoms with van der Waals surface area (Å²) in [4.78, 5) is 27.1. The largest absolute Gasteiger partial charge is 0.482 e. The summed E-state index contributed by atoms with van der Waals surface area (Å²) in [6, 6.07) is 4.67. The molecule has 2 heterocycles. The number of piperidine rings is 1. The fourth-order valence-corrected chi connectivity index (χ4v) is 7.35. The van der Waals surface area contributed by atoms with Gasteiger partial charge in [-0.05, 0) is 54.7 Å². The molecule has 2 amide bonds. The third kappa shape index (κ3) is 5.10. The first kappa shape index (κ1) is 25.0. The van der Waals surface area contributed by atoms with Gasteiger partial charge < -0.3 is 10.1 Å². The average Bonchev–Trinajstić information content (AvgIpc) is 2.78.